The van der Waals surface area contributed by atoms with Gasteiger partial charge in [-0.25, -0.2) is 0 Å². The van der Waals surface area contributed by atoms with Crippen molar-refractivity contribution in [2.24, 2.45) is 4.99 Å². The fourth-order valence-electron chi connectivity index (χ4n) is 1.04. The molecule has 1 aromatic rings. The van der Waals surface area contributed by atoms with Crippen molar-refractivity contribution in [3.05, 3.63) is 24.0 Å². The van der Waals surface area contributed by atoms with Crippen LogP contribution in [0.2, 0.25) is 0 Å². The largest absolute Gasteiger partial charge is 0.506 e. The first kappa shape index (κ1) is 7.61. The third kappa shape index (κ3) is 1.30. The molecule has 2 heterocycles. The summed E-state index contributed by atoms with van der Waals surface area (Å²) in [4.78, 5) is 8.28. The lowest BCUT2D eigenvalue weighted by atomic mass is 10.3. The zero-order valence-corrected chi connectivity index (χ0v) is 7.21. The molecule has 0 amide bonds. The van der Waals surface area contributed by atoms with Gasteiger partial charge >= 0.3 is 0 Å². The van der Waals surface area contributed by atoms with Crippen molar-refractivity contribution in [1.82, 2.24) is 4.98 Å². The molecule has 0 fully saturated rings. The molecule has 1 aromatic heterocycles. The average molecular weight is 180 g/mol. The van der Waals surface area contributed by atoms with Crippen molar-refractivity contribution in [1.29, 1.82) is 0 Å². The molecule has 2 rings (SSSR count). The highest BCUT2D eigenvalue weighted by molar-refractivity contribution is 8.14. The minimum Gasteiger partial charge on any atom is -0.506 e. The molecular weight excluding hydrogens is 172 g/mol. The Labute approximate surface area is 74.6 Å². The lowest BCUT2D eigenvalue weighted by Crippen LogP contribution is -1.95. The predicted octanol–water partition coefficient (Wildman–Crippen LogP) is 1.28. The molecule has 1 N–H and O–H groups in total. The van der Waals surface area contributed by atoms with Crippen LogP contribution in [0.4, 0.5) is 0 Å². The van der Waals surface area contributed by atoms with Gasteiger partial charge in [0.1, 0.15) is 16.5 Å². The summed E-state index contributed by atoms with van der Waals surface area (Å²) >= 11 is 1.64. The Kier molecular flexibility index (Phi) is 1.99. The van der Waals surface area contributed by atoms with E-state index in [0.717, 1.165) is 17.3 Å². The molecule has 0 atom stereocenters. The van der Waals surface area contributed by atoms with Crippen LogP contribution < -0.4 is 0 Å². The summed E-state index contributed by atoms with van der Waals surface area (Å²) in [5.74, 6) is 1.20. The van der Waals surface area contributed by atoms with Crippen LogP contribution in [0.5, 0.6) is 5.75 Å². The fraction of sp³-hybridized carbons (Fsp3) is 0.250. The monoisotopic (exact) mass is 180 g/mol. The van der Waals surface area contributed by atoms with Gasteiger partial charge in [-0.1, -0.05) is 0 Å². The van der Waals surface area contributed by atoms with Gasteiger partial charge in [0.2, 0.25) is 0 Å². The first-order valence-electron chi connectivity index (χ1n) is 3.69. The molecule has 0 aromatic carbocycles. The maximum absolute atomic E-state index is 9.41. The first-order chi connectivity index (χ1) is 5.88. The van der Waals surface area contributed by atoms with E-state index < -0.39 is 0 Å². The number of hydrogen-bond donors (Lipinski definition) is 1. The van der Waals surface area contributed by atoms with Gasteiger partial charge in [0.15, 0.2) is 0 Å². The van der Waals surface area contributed by atoms with Crippen LogP contribution in [0.25, 0.3) is 0 Å². The molecule has 1 aliphatic rings. The number of pyridine rings is 1. The van der Waals surface area contributed by atoms with Crippen LogP contribution in [0.1, 0.15) is 5.69 Å². The zero-order chi connectivity index (χ0) is 8.39. The van der Waals surface area contributed by atoms with Crippen molar-refractivity contribution >= 4 is 16.8 Å². The van der Waals surface area contributed by atoms with E-state index in [4.69, 9.17) is 0 Å². The SMILES string of the molecule is Oc1cccnc1C1=NCCS1. The summed E-state index contributed by atoms with van der Waals surface area (Å²) in [7, 11) is 0. The van der Waals surface area contributed by atoms with Crippen LogP contribution in [0, 0.1) is 0 Å². The van der Waals surface area contributed by atoms with E-state index in [1.54, 1.807) is 30.1 Å². The summed E-state index contributed by atoms with van der Waals surface area (Å²) in [5, 5.41) is 10.3. The van der Waals surface area contributed by atoms with Crippen LogP contribution in [0.15, 0.2) is 23.3 Å². The second-order valence-electron chi connectivity index (χ2n) is 2.41. The summed E-state index contributed by atoms with van der Waals surface area (Å²) in [6, 6.07) is 3.34. The number of aromatic hydroxyl groups is 1. The van der Waals surface area contributed by atoms with Crippen molar-refractivity contribution in [3.63, 3.8) is 0 Å². The van der Waals surface area contributed by atoms with Crippen LogP contribution in [-0.4, -0.2) is 27.4 Å². The molecule has 62 valence electrons. The van der Waals surface area contributed by atoms with Gasteiger partial charge in [0.25, 0.3) is 0 Å². The summed E-state index contributed by atoms with van der Waals surface area (Å²) in [6.45, 7) is 0.829. The normalized spacial score (nSPS) is 16.2. The highest BCUT2D eigenvalue weighted by atomic mass is 32.2. The molecule has 0 unspecified atom stereocenters. The summed E-state index contributed by atoms with van der Waals surface area (Å²) in [6.07, 6.45) is 1.66. The first-order valence-corrected chi connectivity index (χ1v) is 4.68. The number of nitrogens with zero attached hydrogens (tertiary/aromatic N) is 2. The van der Waals surface area contributed by atoms with E-state index in [9.17, 15) is 5.11 Å². The second kappa shape index (κ2) is 3.15. The fourth-order valence-corrected chi connectivity index (χ4v) is 1.89. The number of aliphatic imine (C=N–C) groups is 1. The Morgan fingerprint density at radius 2 is 2.42 bits per heavy atom. The van der Waals surface area contributed by atoms with Crippen LogP contribution >= 0.6 is 11.8 Å². The molecule has 0 bridgehead atoms. The lowest BCUT2D eigenvalue weighted by molar-refractivity contribution is 0.471. The van der Waals surface area contributed by atoms with Crippen molar-refractivity contribution < 1.29 is 5.11 Å². The van der Waals surface area contributed by atoms with Crippen LogP contribution in [-0.2, 0) is 0 Å². The Bertz CT molecular complexity index is 325. The van der Waals surface area contributed by atoms with Gasteiger partial charge in [0, 0.05) is 18.5 Å². The standard InChI is InChI=1S/C8H8N2OS/c11-6-2-1-3-9-7(6)8-10-4-5-12-8/h1-3,11H,4-5H2. The molecule has 0 aliphatic carbocycles. The number of aromatic nitrogens is 1. The molecule has 4 heteroatoms. The van der Waals surface area contributed by atoms with Gasteiger partial charge in [0.05, 0.1) is 0 Å². The van der Waals surface area contributed by atoms with E-state index in [1.807, 2.05) is 0 Å². The smallest absolute Gasteiger partial charge is 0.144 e. The molecular formula is C8H8N2OS. The van der Waals surface area contributed by atoms with E-state index in [1.165, 1.54) is 0 Å². The van der Waals surface area contributed by atoms with Crippen molar-refractivity contribution in [3.8, 4) is 5.75 Å². The molecule has 0 saturated carbocycles. The van der Waals surface area contributed by atoms with Gasteiger partial charge in [-0.2, -0.15) is 0 Å². The van der Waals surface area contributed by atoms with E-state index in [-0.39, 0.29) is 5.75 Å². The lowest BCUT2D eigenvalue weighted by Gasteiger charge is -1.99. The zero-order valence-electron chi connectivity index (χ0n) is 6.40. The number of rotatable bonds is 1. The van der Waals surface area contributed by atoms with Gasteiger partial charge in [-0.05, 0) is 12.1 Å². The molecule has 0 saturated heterocycles. The molecule has 1 aliphatic heterocycles. The maximum atomic E-state index is 9.41. The van der Waals surface area contributed by atoms with E-state index >= 15 is 0 Å². The minimum atomic E-state index is 0.214. The van der Waals surface area contributed by atoms with Crippen LogP contribution in [0.3, 0.4) is 0 Å². The third-order valence-electron chi connectivity index (χ3n) is 1.57. The Morgan fingerprint density at radius 3 is 3.08 bits per heavy atom. The number of hydrogen-bond acceptors (Lipinski definition) is 4. The number of thioether (sulfide) groups is 1. The third-order valence-corrected chi connectivity index (χ3v) is 2.56. The topological polar surface area (TPSA) is 45.5 Å². The average Bonchev–Trinajstić information content (AvgIpc) is 2.57. The summed E-state index contributed by atoms with van der Waals surface area (Å²) < 4.78 is 0. The molecule has 12 heavy (non-hydrogen) atoms. The van der Waals surface area contributed by atoms with E-state index in [2.05, 4.69) is 9.98 Å². The van der Waals surface area contributed by atoms with Crippen molar-refractivity contribution in [2.75, 3.05) is 12.3 Å². The molecule has 3 nitrogen and oxygen atoms in total. The van der Waals surface area contributed by atoms with E-state index in [0.29, 0.717) is 5.69 Å². The highest BCUT2D eigenvalue weighted by Crippen LogP contribution is 2.23. The summed E-state index contributed by atoms with van der Waals surface area (Å²) in [5.41, 5.74) is 0.611. The Morgan fingerprint density at radius 1 is 1.50 bits per heavy atom. The second-order valence-corrected chi connectivity index (χ2v) is 3.49. The molecule has 0 spiro atoms. The Hall–Kier alpha value is -1.03. The predicted molar refractivity (Wildman–Crippen MR) is 49.8 cm³/mol. The highest BCUT2D eigenvalue weighted by Gasteiger charge is 2.13. The van der Waals surface area contributed by atoms with Gasteiger partial charge < -0.3 is 5.11 Å². The van der Waals surface area contributed by atoms with Crippen molar-refractivity contribution in [2.45, 2.75) is 0 Å². The minimum absolute atomic E-state index is 0.214. The Balaban J connectivity index is 2.39. The van der Waals surface area contributed by atoms with Gasteiger partial charge in [-0.3, -0.25) is 9.98 Å². The van der Waals surface area contributed by atoms with Gasteiger partial charge in [-0.15, -0.1) is 11.8 Å². The molecule has 0 radical (unpaired) electrons. The maximum Gasteiger partial charge on any atom is 0.144 e. The quantitative estimate of drug-likeness (QED) is 0.708.